The first-order chi connectivity index (χ1) is 9.95. The topological polar surface area (TPSA) is 49.4 Å². The molecule has 0 radical (unpaired) electrons. The summed E-state index contributed by atoms with van der Waals surface area (Å²) in [5, 5.41) is 3.07. The Kier molecular flexibility index (Phi) is 5.41. The fourth-order valence-corrected chi connectivity index (χ4v) is 4.62. The largest absolute Gasteiger partial charge is 0.316 e. The molecule has 0 spiro atoms. The van der Waals surface area contributed by atoms with Crippen LogP contribution >= 0.6 is 0 Å². The van der Waals surface area contributed by atoms with Crippen LogP contribution in [0.25, 0.3) is 0 Å². The molecule has 1 heterocycles. The lowest BCUT2D eigenvalue weighted by Crippen LogP contribution is -2.32. The van der Waals surface area contributed by atoms with Gasteiger partial charge in [0.25, 0.3) is 0 Å². The molecule has 0 aliphatic carbocycles. The second-order valence-corrected chi connectivity index (χ2v) is 7.98. The molecule has 1 unspecified atom stereocenters. The number of benzene rings is 1. The second kappa shape index (κ2) is 6.90. The van der Waals surface area contributed by atoms with E-state index in [-0.39, 0.29) is 0 Å². The van der Waals surface area contributed by atoms with Crippen LogP contribution in [0.4, 0.5) is 0 Å². The van der Waals surface area contributed by atoms with Gasteiger partial charge in [0.1, 0.15) is 0 Å². The van der Waals surface area contributed by atoms with Gasteiger partial charge in [0.15, 0.2) is 0 Å². The molecular weight excluding hydrogens is 284 g/mol. The van der Waals surface area contributed by atoms with Crippen molar-refractivity contribution in [1.29, 1.82) is 0 Å². The highest BCUT2D eigenvalue weighted by Gasteiger charge is 2.28. The van der Waals surface area contributed by atoms with Crippen LogP contribution in [0.15, 0.2) is 23.1 Å². The summed E-state index contributed by atoms with van der Waals surface area (Å²) in [6, 6.07) is 5.70. The van der Waals surface area contributed by atoms with Crippen LogP contribution in [-0.4, -0.2) is 32.9 Å². The van der Waals surface area contributed by atoms with E-state index in [9.17, 15) is 8.42 Å². The summed E-state index contributed by atoms with van der Waals surface area (Å²) in [7, 11) is -1.51. The minimum atomic E-state index is -3.37. The molecule has 1 atom stereocenters. The average molecular weight is 310 g/mol. The van der Waals surface area contributed by atoms with Crippen LogP contribution in [0.3, 0.4) is 0 Å². The zero-order valence-electron chi connectivity index (χ0n) is 13.2. The van der Waals surface area contributed by atoms with Crippen molar-refractivity contribution in [3.05, 3.63) is 29.3 Å². The Balaban J connectivity index is 2.32. The second-order valence-electron chi connectivity index (χ2n) is 6.07. The highest BCUT2D eigenvalue weighted by Crippen LogP contribution is 2.25. The highest BCUT2D eigenvalue weighted by atomic mass is 32.2. The maximum Gasteiger partial charge on any atom is 0.243 e. The van der Waals surface area contributed by atoms with Crippen molar-refractivity contribution in [2.24, 2.45) is 5.92 Å². The van der Waals surface area contributed by atoms with Crippen molar-refractivity contribution in [2.45, 2.75) is 44.6 Å². The molecular formula is C16H26N2O2S. The molecule has 1 aliphatic heterocycles. The van der Waals surface area contributed by atoms with E-state index in [0.29, 0.717) is 30.4 Å². The van der Waals surface area contributed by atoms with Gasteiger partial charge in [-0.15, -0.1) is 0 Å². The smallest absolute Gasteiger partial charge is 0.243 e. The standard InChI is InChI=1S/C16H26N2O2S/c1-13-5-4-9-18(10-8-13)21(19,20)16-11-15(12-17-3)7-6-14(16)2/h6-7,11,13,17H,4-5,8-10,12H2,1-3H3. The van der Waals surface area contributed by atoms with Gasteiger partial charge in [-0.2, -0.15) is 4.31 Å². The lowest BCUT2D eigenvalue weighted by atomic mass is 10.0. The molecule has 118 valence electrons. The fourth-order valence-electron chi connectivity index (χ4n) is 2.85. The predicted molar refractivity (Wildman–Crippen MR) is 85.7 cm³/mol. The first-order valence-corrected chi connectivity index (χ1v) is 9.13. The van der Waals surface area contributed by atoms with E-state index in [1.807, 2.05) is 32.2 Å². The summed E-state index contributed by atoms with van der Waals surface area (Å²) in [6.07, 6.45) is 3.02. The van der Waals surface area contributed by atoms with Gasteiger partial charge in [0, 0.05) is 19.6 Å². The van der Waals surface area contributed by atoms with Gasteiger partial charge in [-0.3, -0.25) is 0 Å². The number of rotatable bonds is 4. The molecule has 21 heavy (non-hydrogen) atoms. The molecule has 1 fully saturated rings. The number of nitrogens with one attached hydrogen (secondary N) is 1. The maximum absolute atomic E-state index is 12.9. The first kappa shape index (κ1) is 16.5. The number of hydrogen-bond donors (Lipinski definition) is 1. The fraction of sp³-hybridized carbons (Fsp3) is 0.625. The molecule has 1 aromatic rings. The van der Waals surface area contributed by atoms with Crippen LogP contribution in [0, 0.1) is 12.8 Å². The van der Waals surface area contributed by atoms with Crippen molar-refractivity contribution in [3.8, 4) is 0 Å². The molecule has 5 heteroatoms. The van der Waals surface area contributed by atoms with Crippen LogP contribution < -0.4 is 5.32 Å². The zero-order valence-corrected chi connectivity index (χ0v) is 14.0. The molecule has 4 nitrogen and oxygen atoms in total. The molecule has 1 N–H and O–H groups in total. The lowest BCUT2D eigenvalue weighted by Gasteiger charge is -2.21. The van der Waals surface area contributed by atoms with Crippen molar-refractivity contribution in [3.63, 3.8) is 0 Å². The van der Waals surface area contributed by atoms with Gasteiger partial charge >= 0.3 is 0 Å². The third-order valence-electron chi connectivity index (χ3n) is 4.23. The minimum Gasteiger partial charge on any atom is -0.316 e. The van der Waals surface area contributed by atoms with E-state index in [0.717, 1.165) is 30.4 Å². The molecule has 1 aliphatic rings. The average Bonchev–Trinajstić information content (AvgIpc) is 2.66. The summed E-state index contributed by atoms with van der Waals surface area (Å²) in [5.41, 5.74) is 1.83. The molecule has 1 saturated heterocycles. The Morgan fingerprint density at radius 3 is 2.76 bits per heavy atom. The SMILES string of the molecule is CNCc1ccc(C)c(S(=O)(=O)N2CCCC(C)CC2)c1. The van der Waals surface area contributed by atoms with E-state index < -0.39 is 10.0 Å². The number of sulfonamides is 1. The molecule has 1 aromatic carbocycles. The quantitative estimate of drug-likeness (QED) is 0.929. The summed E-state index contributed by atoms with van der Waals surface area (Å²) in [5.74, 6) is 0.613. The van der Waals surface area contributed by atoms with Crippen LogP contribution in [0.5, 0.6) is 0 Å². The van der Waals surface area contributed by atoms with Crippen LogP contribution in [0.1, 0.15) is 37.3 Å². The summed E-state index contributed by atoms with van der Waals surface area (Å²) < 4.78 is 27.5. The molecule has 0 amide bonds. The van der Waals surface area contributed by atoms with E-state index in [1.165, 1.54) is 0 Å². The third-order valence-corrected chi connectivity index (χ3v) is 6.27. The van der Waals surface area contributed by atoms with E-state index >= 15 is 0 Å². The van der Waals surface area contributed by atoms with E-state index in [4.69, 9.17) is 0 Å². The molecule has 2 rings (SSSR count). The van der Waals surface area contributed by atoms with Crippen molar-refractivity contribution in [2.75, 3.05) is 20.1 Å². The number of hydrogen-bond acceptors (Lipinski definition) is 3. The third kappa shape index (κ3) is 3.84. The normalized spacial score (nSPS) is 21.2. The summed E-state index contributed by atoms with van der Waals surface area (Å²) >= 11 is 0. The first-order valence-electron chi connectivity index (χ1n) is 7.69. The van der Waals surface area contributed by atoms with Crippen molar-refractivity contribution >= 4 is 10.0 Å². The molecule has 0 bridgehead atoms. The van der Waals surface area contributed by atoms with Gasteiger partial charge in [-0.05, 0) is 56.3 Å². The maximum atomic E-state index is 12.9. The van der Waals surface area contributed by atoms with Crippen molar-refractivity contribution < 1.29 is 8.42 Å². The Morgan fingerprint density at radius 2 is 2.05 bits per heavy atom. The zero-order chi connectivity index (χ0) is 15.5. The number of aryl methyl sites for hydroxylation is 1. The number of nitrogens with zero attached hydrogens (tertiary/aromatic N) is 1. The Labute approximate surface area is 128 Å². The van der Waals surface area contributed by atoms with E-state index in [1.54, 1.807) is 4.31 Å². The molecule has 0 saturated carbocycles. The predicted octanol–water partition coefficient (Wildman–Crippen LogP) is 2.53. The van der Waals surface area contributed by atoms with Gasteiger partial charge in [0.05, 0.1) is 4.90 Å². The van der Waals surface area contributed by atoms with Crippen LogP contribution in [-0.2, 0) is 16.6 Å². The molecule has 0 aromatic heterocycles. The lowest BCUT2D eigenvalue weighted by molar-refractivity contribution is 0.416. The highest BCUT2D eigenvalue weighted by molar-refractivity contribution is 7.89. The summed E-state index contributed by atoms with van der Waals surface area (Å²) in [6.45, 7) is 6.03. The van der Waals surface area contributed by atoms with Gasteiger partial charge in [-0.25, -0.2) is 8.42 Å². The van der Waals surface area contributed by atoms with Gasteiger partial charge in [-0.1, -0.05) is 19.1 Å². The Morgan fingerprint density at radius 1 is 1.29 bits per heavy atom. The monoisotopic (exact) mass is 310 g/mol. The van der Waals surface area contributed by atoms with Gasteiger partial charge in [0.2, 0.25) is 10.0 Å². The van der Waals surface area contributed by atoms with Crippen molar-refractivity contribution in [1.82, 2.24) is 9.62 Å². The van der Waals surface area contributed by atoms with E-state index in [2.05, 4.69) is 12.2 Å². The summed E-state index contributed by atoms with van der Waals surface area (Å²) in [4.78, 5) is 0.463. The Bertz CT molecular complexity index is 584. The minimum absolute atomic E-state index is 0.463. The Hall–Kier alpha value is -0.910. The van der Waals surface area contributed by atoms with Gasteiger partial charge < -0.3 is 5.32 Å². The van der Waals surface area contributed by atoms with Crippen LogP contribution in [0.2, 0.25) is 0 Å².